The van der Waals surface area contributed by atoms with Crippen molar-refractivity contribution in [2.75, 3.05) is 6.54 Å². The largest absolute Gasteiger partial charge is 0.480 e. The molecule has 1 aliphatic heterocycles. The molecule has 1 saturated heterocycles. The van der Waals surface area contributed by atoms with Gasteiger partial charge in [0.15, 0.2) is 0 Å². The van der Waals surface area contributed by atoms with E-state index in [1.807, 2.05) is 6.92 Å². The monoisotopic (exact) mass is 266 g/mol. The minimum atomic E-state index is -1.00. The standard InChI is InChI=1S/C13H15FN2O3/c1-8-3-2-6-16(11(8)13(18)19)12(17)9-4-5-10(14)15-7-9/h4-5,7-8,11H,2-3,6H2,1H3,(H,18,19). The summed E-state index contributed by atoms with van der Waals surface area (Å²) in [6, 6.07) is 1.59. The number of amides is 1. The van der Waals surface area contributed by atoms with Crippen LogP contribution in [0.15, 0.2) is 18.3 Å². The average molecular weight is 266 g/mol. The van der Waals surface area contributed by atoms with Gasteiger partial charge in [0, 0.05) is 12.7 Å². The third-order valence-electron chi connectivity index (χ3n) is 3.42. The summed E-state index contributed by atoms with van der Waals surface area (Å²) in [6.07, 6.45) is 2.68. The Bertz CT molecular complexity index is 489. The quantitative estimate of drug-likeness (QED) is 0.824. The molecule has 1 aromatic heterocycles. The van der Waals surface area contributed by atoms with Crippen LogP contribution in [0, 0.1) is 11.9 Å². The highest BCUT2D eigenvalue weighted by Gasteiger charge is 2.37. The zero-order valence-corrected chi connectivity index (χ0v) is 10.5. The van der Waals surface area contributed by atoms with E-state index in [9.17, 15) is 19.1 Å². The van der Waals surface area contributed by atoms with Crippen LogP contribution in [0.3, 0.4) is 0 Å². The molecule has 0 radical (unpaired) electrons. The SMILES string of the molecule is CC1CCCN(C(=O)c2ccc(F)nc2)C1C(=O)O. The van der Waals surface area contributed by atoms with E-state index in [-0.39, 0.29) is 11.5 Å². The Morgan fingerprint density at radius 3 is 2.79 bits per heavy atom. The molecule has 1 aromatic rings. The third-order valence-corrected chi connectivity index (χ3v) is 3.42. The molecule has 1 fully saturated rings. The number of halogens is 1. The second kappa shape index (κ2) is 5.34. The molecular weight excluding hydrogens is 251 g/mol. The Kier molecular flexibility index (Phi) is 3.78. The first-order chi connectivity index (χ1) is 9.00. The molecule has 1 aliphatic rings. The number of carboxylic acid groups (broad SMARTS) is 1. The third kappa shape index (κ3) is 2.72. The molecule has 1 N–H and O–H groups in total. The predicted octanol–water partition coefficient (Wildman–Crippen LogP) is 1.55. The molecule has 5 nitrogen and oxygen atoms in total. The van der Waals surface area contributed by atoms with Crippen LogP contribution in [-0.4, -0.2) is 39.5 Å². The van der Waals surface area contributed by atoms with Crippen molar-refractivity contribution in [3.8, 4) is 0 Å². The number of hydrogen-bond donors (Lipinski definition) is 1. The number of carboxylic acids is 1. The summed E-state index contributed by atoms with van der Waals surface area (Å²) in [5.74, 6) is -2.18. The van der Waals surface area contributed by atoms with Crippen molar-refractivity contribution < 1.29 is 19.1 Å². The Balaban J connectivity index is 2.25. The summed E-state index contributed by atoms with van der Waals surface area (Å²) >= 11 is 0. The van der Waals surface area contributed by atoms with Crippen molar-refractivity contribution in [1.82, 2.24) is 9.88 Å². The smallest absolute Gasteiger partial charge is 0.326 e. The first-order valence-electron chi connectivity index (χ1n) is 6.16. The van der Waals surface area contributed by atoms with Crippen molar-refractivity contribution in [3.05, 3.63) is 29.8 Å². The normalized spacial score (nSPS) is 23.2. The summed E-state index contributed by atoms with van der Waals surface area (Å²) in [5.41, 5.74) is 0.210. The fraction of sp³-hybridized carbons (Fsp3) is 0.462. The average Bonchev–Trinajstić information content (AvgIpc) is 2.38. The predicted molar refractivity (Wildman–Crippen MR) is 65.1 cm³/mol. The Labute approximate surface area is 110 Å². The summed E-state index contributed by atoms with van der Waals surface area (Å²) in [4.78, 5) is 28.3. The molecule has 19 heavy (non-hydrogen) atoms. The van der Waals surface area contributed by atoms with Crippen molar-refractivity contribution in [3.63, 3.8) is 0 Å². The van der Waals surface area contributed by atoms with Gasteiger partial charge in [-0.1, -0.05) is 6.92 Å². The molecule has 102 valence electrons. The van der Waals surface area contributed by atoms with Crippen LogP contribution in [-0.2, 0) is 4.79 Å². The van der Waals surface area contributed by atoms with Gasteiger partial charge in [0.05, 0.1) is 5.56 Å². The molecule has 2 heterocycles. The van der Waals surface area contributed by atoms with Gasteiger partial charge in [0.1, 0.15) is 6.04 Å². The van der Waals surface area contributed by atoms with Crippen molar-refractivity contribution >= 4 is 11.9 Å². The molecular formula is C13H15FN2O3. The number of piperidine rings is 1. The molecule has 0 aliphatic carbocycles. The number of aromatic nitrogens is 1. The van der Waals surface area contributed by atoms with Crippen molar-refractivity contribution in [2.24, 2.45) is 5.92 Å². The number of pyridine rings is 1. The first-order valence-corrected chi connectivity index (χ1v) is 6.16. The molecule has 2 rings (SSSR count). The van der Waals surface area contributed by atoms with Gasteiger partial charge in [-0.05, 0) is 30.9 Å². The van der Waals surface area contributed by atoms with Crippen LogP contribution in [0.2, 0.25) is 0 Å². The zero-order chi connectivity index (χ0) is 14.0. The highest BCUT2D eigenvalue weighted by atomic mass is 19.1. The second-order valence-electron chi connectivity index (χ2n) is 4.77. The highest BCUT2D eigenvalue weighted by Crippen LogP contribution is 2.25. The van der Waals surface area contributed by atoms with Crippen molar-refractivity contribution in [2.45, 2.75) is 25.8 Å². The number of hydrogen-bond acceptors (Lipinski definition) is 3. The van der Waals surface area contributed by atoms with Crippen LogP contribution < -0.4 is 0 Å². The number of likely N-dealkylation sites (tertiary alicyclic amines) is 1. The number of aliphatic carboxylic acids is 1. The fourth-order valence-electron chi connectivity index (χ4n) is 2.46. The van der Waals surface area contributed by atoms with Gasteiger partial charge in [0.2, 0.25) is 5.95 Å². The van der Waals surface area contributed by atoms with Gasteiger partial charge < -0.3 is 10.0 Å². The highest BCUT2D eigenvalue weighted by molar-refractivity contribution is 5.96. The van der Waals surface area contributed by atoms with Gasteiger partial charge in [0.25, 0.3) is 5.91 Å². The van der Waals surface area contributed by atoms with Gasteiger partial charge in [-0.25, -0.2) is 9.78 Å². The fourth-order valence-corrected chi connectivity index (χ4v) is 2.46. The van der Waals surface area contributed by atoms with E-state index in [4.69, 9.17) is 0 Å². The van der Waals surface area contributed by atoms with Crippen LogP contribution >= 0.6 is 0 Å². The molecule has 1 amide bonds. The maximum absolute atomic E-state index is 12.7. The molecule has 2 atom stereocenters. The van der Waals surface area contributed by atoms with E-state index in [1.54, 1.807) is 0 Å². The summed E-state index contributed by atoms with van der Waals surface area (Å²) in [7, 11) is 0. The van der Waals surface area contributed by atoms with Crippen LogP contribution in [0.1, 0.15) is 30.1 Å². The molecule has 0 bridgehead atoms. The van der Waals surface area contributed by atoms with E-state index < -0.39 is 23.9 Å². The minimum Gasteiger partial charge on any atom is -0.480 e. The molecule has 0 saturated carbocycles. The summed E-state index contributed by atoms with van der Waals surface area (Å²) in [6.45, 7) is 2.22. The lowest BCUT2D eigenvalue weighted by molar-refractivity contribution is -0.145. The lowest BCUT2D eigenvalue weighted by atomic mass is 9.90. The van der Waals surface area contributed by atoms with Gasteiger partial charge in [-0.15, -0.1) is 0 Å². The van der Waals surface area contributed by atoms with E-state index in [1.165, 1.54) is 11.0 Å². The molecule has 0 spiro atoms. The molecule has 2 unspecified atom stereocenters. The van der Waals surface area contributed by atoms with E-state index in [2.05, 4.69) is 4.98 Å². The number of carbonyl (C=O) groups excluding carboxylic acids is 1. The first kappa shape index (κ1) is 13.5. The van der Waals surface area contributed by atoms with Crippen LogP contribution in [0.5, 0.6) is 0 Å². The van der Waals surface area contributed by atoms with Gasteiger partial charge in [-0.2, -0.15) is 4.39 Å². The molecule has 0 aromatic carbocycles. The van der Waals surface area contributed by atoms with Crippen molar-refractivity contribution in [1.29, 1.82) is 0 Å². The lowest BCUT2D eigenvalue weighted by Gasteiger charge is -2.37. The van der Waals surface area contributed by atoms with E-state index in [0.717, 1.165) is 25.1 Å². The van der Waals surface area contributed by atoms with Gasteiger partial charge in [-0.3, -0.25) is 4.79 Å². The Hall–Kier alpha value is -1.98. The van der Waals surface area contributed by atoms with Gasteiger partial charge >= 0.3 is 5.97 Å². The Morgan fingerprint density at radius 1 is 1.47 bits per heavy atom. The van der Waals surface area contributed by atoms with E-state index >= 15 is 0 Å². The lowest BCUT2D eigenvalue weighted by Crippen LogP contribution is -2.51. The summed E-state index contributed by atoms with van der Waals surface area (Å²) < 4.78 is 12.7. The Morgan fingerprint density at radius 2 is 2.21 bits per heavy atom. The zero-order valence-electron chi connectivity index (χ0n) is 10.5. The topological polar surface area (TPSA) is 70.5 Å². The maximum Gasteiger partial charge on any atom is 0.326 e. The van der Waals surface area contributed by atoms with E-state index in [0.29, 0.717) is 6.54 Å². The minimum absolute atomic E-state index is 0.0939. The number of carbonyl (C=O) groups is 2. The number of nitrogens with zero attached hydrogens (tertiary/aromatic N) is 2. The van der Waals surface area contributed by atoms with Crippen LogP contribution in [0.25, 0.3) is 0 Å². The molecule has 6 heteroatoms. The van der Waals surface area contributed by atoms with Crippen LogP contribution in [0.4, 0.5) is 4.39 Å². The maximum atomic E-state index is 12.7. The summed E-state index contributed by atoms with van der Waals surface area (Å²) in [5, 5.41) is 9.25. The number of rotatable bonds is 2. The second-order valence-corrected chi connectivity index (χ2v) is 4.77.